The van der Waals surface area contributed by atoms with E-state index in [0.717, 1.165) is 5.75 Å². The lowest BCUT2D eigenvalue weighted by atomic mass is 9.93. The second kappa shape index (κ2) is 4.01. The molecule has 0 aliphatic carbocycles. The molecule has 0 aliphatic rings. The Morgan fingerprint density at radius 1 is 1.29 bits per heavy atom. The Hall–Kier alpha value is -1.02. The van der Waals surface area contributed by atoms with Gasteiger partial charge in [0.05, 0.1) is 7.11 Å². The molecule has 0 saturated carbocycles. The Morgan fingerprint density at radius 2 is 1.93 bits per heavy atom. The van der Waals surface area contributed by atoms with Crippen LogP contribution in [0.2, 0.25) is 0 Å². The summed E-state index contributed by atoms with van der Waals surface area (Å²) in [5, 5.41) is 3.27. The van der Waals surface area contributed by atoms with Crippen LogP contribution < -0.4 is 10.1 Å². The van der Waals surface area contributed by atoms with E-state index in [4.69, 9.17) is 4.74 Å². The number of nitrogens with one attached hydrogen (secondary N) is 1. The number of benzene rings is 1. The molecule has 0 fully saturated rings. The molecule has 0 heterocycles. The number of hydrogen-bond donors (Lipinski definition) is 1. The maximum absolute atomic E-state index is 5.30. The third-order valence-corrected chi connectivity index (χ3v) is 2.75. The molecule has 0 aliphatic heterocycles. The number of ether oxygens (including phenoxy) is 1. The second-order valence-corrected chi connectivity index (χ2v) is 4.06. The van der Waals surface area contributed by atoms with E-state index in [9.17, 15) is 0 Å². The van der Waals surface area contributed by atoms with Gasteiger partial charge in [-0.05, 0) is 45.0 Å². The van der Waals surface area contributed by atoms with E-state index in [1.54, 1.807) is 7.11 Å². The average Bonchev–Trinajstić information content (AvgIpc) is 2.18. The largest absolute Gasteiger partial charge is 0.496 e. The van der Waals surface area contributed by atoms with Gasteiger partial charge in [0.25, 0.3) is 0 Å². The average molecular weight is 193 g/mol. The molecule has 0 aromatic heterocycles. The fourth-order valence-corrected chi connectivity index (χ4v) is 1.35. The number of methoxy groups -OCH3 is 1. The standard InChI is InChI=1S/C12H19NO/c1-9-6-7-10(8-11(9)14-5)12(2,3)13-4/h6-8,13H,1-5H3. The zero-order valence-electron chi connectivity index (χ0n) is 9.64. The molecule has 1 N–H and O–H groups in total. The van der Waals surface area contributed by atoms with Crippen molar-refractivity contribution in [3.05, 3.63) is 29.3 Å². The van der Waals surface area contributed by atoms with Crippen LogP contribution in [0.3, 0.4) is 0 Å². The summed E-state index contributed by atoms with van der Waals surface area (Å²) in [7, 11) is 3.67. The normalized spacial score (nSPS) is 11.5. The summed E-state index contributed by atoms with van der Waals surface area (Å²) < 4.78 is 5.30. The summed E-state index contributed by atoms with van der Waals surface area (Å²) >= 11 is 0. The van der Waals surface area contributed by atoms with Gasteiger partial charge in [-0.25, -0.2) is 0 Å². The smallest absolute Gasteiger partial charge is 0.122 e. The molecule has 0 amide bonds. The number of hydrogen-bond acceptors (Lipinski definition) is 2. The molecule has 0 atom stereocenters. The van der Waals surface area contributed by atoms with Crippen molar-refractivity contribution in [3.63, 3.8) is 0 Å². The SMILES string of the molecule is CNC(C)(C)c1ccc(C)c(OC)c1. The van der Waals surface area contributed by atoms with Crippen LogP contribution in [0.25, 0.3) is 0 Å². The Kier molecular flexibility index (Phi) is 3.17. The predicted molar refractivity (Wildman–Crippen MR) is 59.8 cm³/mol. The summed E-state index contributed by atoms with van der Waals surface area (Å²) in [5.74, 6) is 0.950. The summed E-state index contributed by atoms with van der Waals surface area (Å²) in [6.45, 7) is 6.35. The van der Waals surface area contributed by atoms with E-state index in [-0.39, 0.29) is 5.54 Å². The molecule has 0 saturated heterocycles. The van der Waals surface area contributed by atoms with Crippen molar-refractivity contribution in [2.45, 2.75) is 26.3 Å². The molecule has 1 rings (SSSR count). The van der Waals surface area contributed by atoms with Gasteiger partial charge in [-0.2, -0.15) is 0 Å². The summed E-state index contributed by atoms with van der Waals surface area (Å²) in [5.41, 5.74) is 2.40. The minimum Gasteiger partial charge on any atom is -0.496 e. The van der Waals surface area contributed by atoms with Crippen molar-refractivity contribution in [2.75, 3.05) is 14.2 Å². The second-order valence-electron chi connectivity index (χ2n) is 4.06. The molecule has 1 aromatic rings. The first-order chi connectivity index (χ1) is 6.51. The van der Waals surface area contributed by atoms with Crippen molar-refractivity contribution in [2.24, 2.45) is 0 Å². The first-order valence-electron chi connectivity index (χ1n) is 4.85. The monoisotopic (exact) mass is 193 g/mol. The number of rotatable bonds is 3. The van der Waals surface area contributed by atoms with E-state index < -0.39 is 0 Å². The molecule has 0 spiro atoms. The Bertz CT molecular complexity index is 318. The Morgan fingerprint density at radius 3 is 2.43 bits per heavy atom. The van der Waals surface area contributed by atoms with Gasteiger partial charge >= 0.3 is 0 Å². The van der Waals surface area contributed by atoms with Crippen LogP contribution >= 0.6 is 0 Å². The highest BCUT2D eigenvalue weighted by molar-refractivity contribution is 5.39. The van der Waals surface area contributed by atoms with Gasteiger partial charge in [-0.15, -0.1) is 0 Å². The predicted octanol–water partition coefficient (Wildman–Crippen LogP) is 2.46. The summed E-state index contributed by atoms with van der Waals surface area (Å²) in [6.07, 6.45) is 0. The summed E-state index contributed by atoms with van der Waals surface area (Å²) in [6, 6.07) is 6.31. The summed E-state index contributed by atoms with van der Waals surface area (Å²) in [4.78, 5) is 0. The van der Waals surface area contributed by atoms with E-state index in [1.807, 2.05) is 7.05 Å². The van der Waals surface area contributed by atoms with Gasteiger partial charge < -0.3 is 10.1 Å². The lowest BCUT2D eigenvalue weighted by Crippen LogP contribution is -2.33. The molecule has 2 heteroatoms. The Labute approximate surface area is 86.3 Å². The highest BCUT2D eigenvalue weighted by Crippen LogP contribution is 2.26. The quantitative estimate of drug-likeness (QED) is 0.796. The third kappa shape index (κ3) is 2.07. The third-order valence-electron chi connectivity index (χ3n) is 2.75. The maximum Gasteiger partial charge on any atom is 0.122 e. The maximum atomic E-state index is 5.30. The van der Waals surface area contributed by atoms with Crippen LogP contribution in [0.15, 0.2) is 18.2 Å². The van der Waals surface area contributed by atoms with E-state index in [0.29, 0.717) is 0 Å². The first-order valence-corrected chi connectivity index (χ1v) is 4.85. The molecule has 0 unspecified atom stereocenters. The molecule has 14 heavy (non-hydrogen) atoms. The molecule has 2 nitrogen and oxygen atoms in total. The van der Waals surface area contributed by atoms with Crippen molar-refractivity contribution < 1.29 is 4.74 Å². The van der Waals surface area contributed by atoms with Crippen molar-refractivity contribution in [3.8, 4) is 5.75 Å². The highest BCUT2D eigenvalue weighted by atomic mass is 16.5. The molecule has 78 valence electrons. The van der Waals surface area contributed by atoms with Crippen LogP contribution in [0, 0.1) is 6.92 Å². The Balaban J connectivity index is 3.12. The first kappa shape index (κ1) is 11.1. The van der Waals surface area contributed by atoms with Crippen molar-refractivity contribution in [1.82, 2.24) is 5.32 Å². The topological polar surface area (TPSA) is 21.3 Å². The minimum absolute atomic E-state index is 0.0129. The van der Waals surface area contributed by atoms with Crippen LogP contribution in [-0.2, 0) is 5.54 Å². The van der Waals surface area contributed by atoms with Gasteiger partial charge in [0.2, 0.25) is 0 Å². The van der Waals surface area contributed by atoms with E-state index in [2.05, 4.69) is 44.3 Å². The fraction of sp³-hybridized carbons (Fsp3) is 0.500. The fourth-order valence-electron chi connectivity index (χ4n) is 1.35. The molecule has 0 radical (unpaired) electrons. The van der Waals surface area contributed by atoms with Crippen molar-refractivity contribution in [1.29, 1.82) is 0 Å². The molecule has 0 bridgehead atoms. The number of aryl methyl sites for hydroxylation is 1. The van der Waals surface area contributed by atoms with Gasteiger partial charge in [-0.1, -0.05) is 12.1 Å². The van der Waals surface area contributed by atoms with E-state index >= 15 is 0 Å². The lowest BCUT2D eigenvalue weighted by molar-refractivity contribution is 0.403. The highest BCUT2D eigenvalue weighted by Gasteiger charge is 2.18. The van der Waals surface area contributed by atoms with Gasteiger partial charge in [0.15, 0.2) is 0 Å². The zero-order chi connectivity index (χ0) is 10.8. The zero-order valence-corrected chi connectivity index (χ0v) is 9.64. The van der Waals surface area contributed by atoms with Crippen LogP contribution in [0.4, 0.5) is 0 Å². The van der Waals surface area contributed by atoms with Crippen LogP contribution in [0.1, 0.15) is 25.0 Å². The van der Waals surface area contributed by atoms with E-state index in [1.165, 1.54) is 11.1 Å². The van der Waals surface area contributed by atoms with Gasteiger partial charge in [0.1, 0.15) is 5.75 Å². The minimum atomic E-state index is -0.0129. The van der Waals surface area contributed by atoms with Crippen LogP contribution in [0.5, 0.6) is 5.75 Å². The van der Waals surface area contributed by atoms with Gasteiger partial charge in [0, 0.05) is 5.54 Å². The lowest BCUT2D eigenvalue weighted by Gasteiger charge is -2.25. The van der Waals surface area contributed by atoms with Crippen molar-refractivity contribution >= 4 is 0 Å². The molecule has 1 aromatic carbocycles. The molecular weight excluding hydrogens is 174 g/mol. The van der Waals surface area contributed by atoms with Gasteiger partial charge in [-0.3, -0.25) is 0 Å². The van der Waals surface area contributed by atoms with Crippen LogP contribution in [-0.4, -0.2) is 14.2 Å². The molecular formula is C12H19NO.